The van der Waals surface area contributed by atoms with E-state index < -0.39 is 0 Å². The maximum atomic E-state index is 11.4. The highest BCUT2D eigenvalue weighted by Crippen LogP contribution is 2.24. The van der Waals surface area contributed by atoms with Crippen LogP contribution in [0.4, 0.5) is 0 Å². The Morgan fingerprint density at radius 2 is 2.50 bits per heavy atom. The lowest BCUT2D eigenvalue weighted by Crippen LogP contribution is -2.06. The van der Waals surface area contributed by atoms with E-state index in [1.165, 1.54) is 7.11 Å². The van der Waals surface area contributed by atoms with E-state index in [-0.39, 0.29) is 5.97 Å². The van der Waals surface area contributed by atoms with Gasteiger partial charge in [0.05, 0.1) is 12.1 Å². The topological polar surface area (TPSA) is 48.4 Å². The summed E-state index contributed by atoms with van der Waals surface area (Å²) < 4.78 is 10.0. The summed E-state index contributed by atoms with van der Waals surface area (Å²) in [5, 5.41) is 1.01. The third-order valence-corrected chi connectivity index (χ3v) is 3.70. The minimum Gasteiger partial charge on any atom is -0.464 e. The third-order valence-electron chi connectivity index (χ3n) is 2.71. The van der Waals surface area contributed by atoms with E-state index in [0.717, 1.165) is 35.9 Å². The second kappa shape index (κ2) is 4.93. The molecule has 1 aromatic rings. The number of nitrogens with zero attached hydrogens (tertiary/aromatic N) is 1. The Kier molecular flexibility index (Phi) is 3.56. The fraction of sp³-hybridized carbons (Fsp3) is 0.636. The number of rotatable bonds is 3. The molecule has 0 bridgehead atoms. The molecule has 88 valence electrons. The predicted octanol–water partition coefficient (Wildman–Crippen LogP) is 1.82. The molecule has 1 aromatic heterocycles. The molecule has 1 unspecified atom stereocenters. The van der Waals surface area contributed by atoms with Gasteiger partial charge in [0.25, 0.3) is 0 Å². The lowest BCUT2D eigenvalue weighted by Gasteiger charge is -2.02. The highest BCUT2D eigenvalue weighted by atomic mass is 32.1. The van der Waals surface area contributed by atoms with Crippen LogP contribution in [0.25, 0.3) is 0 Å². The monoisotopic (exact) mass is 241 g/mol. The van der Waals surface area contributed by atoms with Gasteiger partial charge in [-0.15, -0.1) is 11.3 Å². The van der Waals surface area contributed by atoms with Crippen molar-refractivity contribution in [3.05, 3.63) is 15.6 Å². The van der Waals surface area contributed by atoms with Crippen molar-refractivity contribution in [3.8, 4) is 0 Å². The van der Waals surface area contributed by atoms with Gasteiger partial charge >= 0.3 is 5.97 Å². The molecular weight excluding hydrogens is 226 g/mol. The maximum absolute atomic E-state index is 11.4. The number of carbonyl (C=O) groups excluding carboxylic acids is 1. The second-order valence-electron chi connectivity index (χ2n) is 3.94. The van der Waals surface area contributed by atoms with Crippen LogP contribution in [0.5, 0.6) is 0 Å². The van der Waals surface area contributed by atoms with Crippen molar-refractivity contribution >= 4 is 17.3 Å². The maximum Gasteiger partial charge on any atom is 0.357 e. The summed E-state index contributed by atoms with van der Waals surface area (Å²) in [7, 11) is 1.38. The Balaban J connectivity index is 2.07. The normalized spacial score (nSPS) is 20.0. The number of hydrogen-bond donors (Lipinski definition) is 0. The van der Waals surface area contributed by atoms with Crippen LogP contribution in [0, 0.1) is 12.8 Å². The minimum absolute atomic E-state index is 0.345. The predicted molar refractivity (Wildman–Crippen MR) is 60.8 cm³/mol. The number of aromatic nitrogens is 1. The fourth-order valence-corrected chi connectivity index (χ4v) is 2.85. The molecule has 1 atom stereocenters. The van der Waals surface area contributed by atoms with Crippen molar-refractivity contribution in [3.63, 3.8) is 0 Å². The lowest BCUT2D eigenvalue weighted by molar-refractivity contribution is 0.0594. The van der Waals surface area contributed by atoms with E-state index in [9.17, 15) is 4.79 Å². The zero-order valence-electron chi connectivity index (χ0n) is 9.49. The zero-order chi connectivity index (χ0) is 11.5. The molecule has 0 amide bonds. The summed E-state index contributed by atoms with van der Waals surface area (Å²) >= 11 is 1.58. The zero-order valence-corrected chi connectivity index (χ0v) is 10.3. The summed E-state index contributed by atoms with van der Waals surface area (Å²) in [4.78, 5) is 16.6. The van der Waals surface area contributed by atoms with Crippen molar-refractivity contribution in [2.75, 3.05) is 20.3 Å². The Bertz CT molecular complexity index is 383. The molecule has 2 rings (SSSR count). The number of hydrogen-bond acceptors (Lipinski definition) is 5. The first kappa shape index (κ1) is 11.5. The largest absolute Gasteiger partial charge is 0.464 e. The van der Waals surface area contributed by atoms with E-state index in [1.807, 2.05) is 6.92 Å². The average Bonchev–Trinajstić information content (AvgIpc) is 2.88. The molecule has 0 radical (unpaired) electrons. The molecular formula is C11H15NO3S. The van der Waals surface area contributed by atoms with E-state index in [1.54, 1.807) is 11.3 Å². The van der Waals surface area contributed by atoms with Crippen LogP contribution in [-0.4, -0.2) is 31.3 Å². The molecule has 0 aliphatic carbocycles. The molecule has 5 heteroatoms. The average molecular weight is 241 g/mol. The molecule has 0 N–H and O–H groups in total. The Labute approximate surface area is 98.6 Å². The van der Waals surface area contributed by atoms with Crippen LogP contribution < -0.4 is 0 Å². The van der Waals surface area contributed by atoms with Gasteiger partial charge in [-0.1, -0.05) is 0 Å². The lowest BCUT2D eigenvalue weighted by atomic mass is 10.1. The van der Waals surface area contributed by atoms with Gasteiger partial charge < -0.3 is 9.47 Å². The standard InChI is InChI=1S/C11H15NO3S/c1-7-10(11(13)14-2)12-9(16-7)5-8-3-4-15-6-8/h8H,3-6H2,1-2H3. The molecule has 4 nitrogen and oxygen atoms in total. The number of methoxy groups -OCH3 is 1. The molecule has 2 heterocycles. The van der Waals surface area contributed by atoms with Gasteiger partial charge in [0.15, 0.2) is 5.69 Å². The van der Waals surface area contributed by atoms with Crippen molar-refractivity contribution in [2.45, 2.75) is 19.8 Å². The number of esters is 1. The second-order valence-corrected chi connectivity index (χ2v) is 5.23. The van der Waals surface area contributed by atoms with Gasteiger partial charge in [0.2, 0.25) is 0 Å². The van der Waals surface area contributed by atoms with Gasteiger partial charge in [0.1, 0.15) is 0 Å². The van der Waals surface area contributed by atoms with E-state index in [4.69, 9.17) is 4.74 Å². The first-order valence-electron chi connectivity index (χ1n) is 5.33. The Morgan fingerprint density at radius 1 is 1.69 bits per heavy atom. The number of aryl methyl sites for hydroxylation is 1. The number of carbonyl (C=O) groups is 1. The molecule has 0 saturated carbocycles. The summed E-state index contributed by atoms with van der Waals surface area (Å²) in [6, 6.07) is 0. The van der Waals surface area contributed by atoms with Crippen LogP contribution in [0.3, 0.4) is 0 Å². The first-order chi connectivity index (χ1) is 7.70. The quantitative estimate of drug-likeness (QED) is 0.757. The van der Waals surface area contributed by atoms with Crippen molar-refractivity contribution < 1.29 is 14.3 Å². The summed E-state index contributed by atoms with van der Waals surface area (Å²) in [5.74, 6) is 0.207. The molecule has 1 fully saturated rings. The molecule has 0 spiro atoms. The smallest absolute Gasteiger partial charge is 0.357 e. The third kappa shape index (κ3) is 2.41. The fourth-order valence-electron chi connectivity index (χ4n) is 1.82. The molecule has 0 aromatic carbocycles. The Morgan fingerprint density at radius 3 is 3.12 bits per heavy atom. The molecule has 16 heavy (non-hydrogen) atoms. The van der Waals surface area contributed by atoms with Gasteiger partial charge in [-0.25, -0.2) is 9.78 Å². The Hall–Kier alpha value is -0.940. The van der Waals surface area contributed by atoms with E-state index in [0.29, 0.717) is 11.6 Å². The van der Waals surface area contributed by atoms with Gasteiger partial charge in [-0.3, -0.25) is 0 Å². The SMILES string of the molecule is COC(=O)c1nc(CC2CCOC2)sc1C. The molecule has 1 aliphatic heterocycles. The summed E-state index contributed by atoms with van der Waals surface area (Å²) in [5.41, 5.74) is 0.460. The van der Waals surface area contributed by atoms with Crippen LogP contribution in [0.2, 0.25) is 0 Å². The van der Waals surface area contributed by atoms with Crippen molar-refractivity contribution in [2.24, 2.45) is 5.92 Å². The van der Waals surface area contributed by atoms with E-state index in [2.05, 4.69) is 9.72 Å². The van der Waals surface area contributed by atoms with Gasteiger partial charge in [-0.05, 0) is 19.3 Å². The van der Waals surface area contributed by atoms with Crippen LogP contribution in [0.1, 0.15) is 26.8 Å². The minimum atomic E-state index is -0.345. The van der Waals surface area contributed by atoms with Gasteiger partial charge in [-0.2, -0.15) is 0 Å². The summed E-state index contributed by atoms with van der Waals surface area (Å²) in [6.07, 6.45) is 1.99. The number of ether oxygens (including phenoxy) is 2. The first-order valence-corrected chi connectivity index (χ1v) is 6.14. The summed E-state index contributed by atoms with van der Waals surface area (Å²) in [6.45, 7) is 3.56. The van der Waals surface area contributed by atoms with E-state index >= 15 is 0 Å². The molecule has 1 saturated heterocycles. The van der Waals surface area contributed by atoms with Crippen LogP contribution in [-0.2, 0) is 15.9 Å². The van der Waals surface area contributed by atoms with Crippen molar-refractivity contribution in [1.82, 2.24) is 4.98 Å². The highest BCUT2D eigenvalue weighted by molar-refractivity contribution is 7.11. The van der Waals surface area contributed by atoms with Crippen LogP contribution in [0.15, 0.2) is 0 Å². The van der Waals surface area contributed by atoms with Crippen LogP contribution >= 0.6 is 11.3 Å². The van der Waals surface area contributed by atoms with Gasteiger partial charge in [0, 0.05) is 24.5 Å². The van der Waals surface area contributed by atoms with Crippen molar-refractivity contribution in [1.29, 1.82) is 0 Å². The molecule has 1 aliphatic rings. The highest BCUT2D eigenvalue weighted by Gasteiger charge is 2.21. The number of thiazole rings is 1.